The first kappa shape index (κ1) is 26.5. The average Bonchev–Trinajstić information content (AvgIpc) is 3.37. The highest BCUT2D eigenvalue weighted by atomic mass is 35.5. The number of benzene rings is 1. The van der Waals surface area contributed by atoms with Gasteiger partial charge in [-0.1, -0.05) is 31.0 Å². The number of amides is 1. The number of ether oxygens (including phenoxy) is 2. The molecular weight excluding hydrogens is 494 g/mol. The number of pyridine rings is 2. The summed E-state index contributed by atoms with van der Waals surface area (Å²) in [6, 6.07) is 7.14. The Morgan fingerprint density at radius 2 is 1.89 bits per heavy atom. The molecule has 2 N–H and O–H groups in total. The number of halogens is 1. The lowest BCUT2D eigenvalue weighted by Crippen LogP contribution is -2.29. The number of carbonyl (C=O) groups excluding carboxylic acids is 1. The number of unbranched alkanes of at least 4 members (excludes halogenated alkanes) is 1. The van der Waals surface area contributed by atoms with Crippen LogP contribution in [-0.2, 0) is 6.42 Å². The summed E-state index contributed by atoms with van der Waals surface area (Å²) in [5, 5.41) is 23.0. The SMILES string of the molecule is CCCCc1nc(O)c(C(=O)N2CCC(c3ncc(Cl)cc3C)C2)c(O)c1-c1c(OC)cccc1OC. The van der Waals surface area contributed by atoms with Gasteiger partial charge < -0.3 is 24.6 Å². The number of hydrogen-bond donors (Lipinski definition) is 2. The van der Waals surface area contributed by atoms with E-state index in [-0.39, 0.29) is 17.2 Å². The molecule has 196 valence electrons. The third kappa shape index (κ3) is 5.16. The molecule has 0 spiro atoms. The standard InChI is InChI=1S/C28H32ClN3O5/c1-5-6-8-19-22(23-20(36-3)9-7-10-21(23)37-4)26(33)24(27(34)31-19)28(35)32-12-11-17(15-32)25-16(2)13-18(29)14-30-25/h7,9-10,13-14,17H,5-6,8,11-12,15H2,1-4H3,(H2,31,33,34). The Morgan fingerprint density at radius 3 is 2.51 bits per heavy atom. The summed E-state index contributed by atoms with van der Waals surface area (Å²) in [5.74, 6) is -0.372. The Labute approximate surface area is 221 Å². The van der Waals surface area contributed by atoms with Gasteiger partial charge in [-0.15, -0.1) is 0 Å². The van der Waals surface area contributed by atoms with Crippen LogP contribution in [0.1, 0.15) is 59.4 Å². The predicted molar refractivity (Wildman–Crippen MR) is 142 cm³/mol. The maximum atomic E-state index is 13.7. The number of hydrogen-bond acceptors (Lipinski definition) is 7. The van der Waals surface area contributed by atoms with Crippen LogP contribution in [0.4, 0.5) is 0 Å². The molecule has 1 aliphatic rings. The lowest BCUT2D eigenvalue weighted by Gasteiger charge is -2.22. The highest BCUT2D eigenvalue weighted by Crippen LogP contribution is 2.47. The molecule has 1 unspecified atom stereocenters. The van der Waals surface area contributed by atoms with E-state index in [2.05, 4.69) is 9.97 Å². The molecule has 37 heavy (non-hydrogen) atoms. The average molecular weight is 526 g/mol. The molecule has 0 bridgehead atoms. The van der Waals surface area contributed by atoms with Crippen molar-refractivity contribution in [3.8, 4) is 34.3 Å². The molecule has 1 fully saturated rings. The summed E-state index contributed by atoms with van der Waals surface area (Å²) in [4.78, 5) is 24.2. The minimum atomic E-state index is -0.492. The fraction of sp³-hybridized carbons (Fsp3) is 0.393. The first-order valence-electron chi connectivity index (χ1n) is 12.4. The van der Waals surface area contributed by atoms with Crippen LogP contribution in [-0.4, -0.2) is 58.3 Å². The fourth-order valence-electron chi connectivity index (χ4n) is 4.99. The van der Waals surface area contributed by atoms with E-state index in [1.165, 1.54) is 14.2 Å². The molecule has 4 rings (SSSR count). The lowest BCUT2D eigenvalue weighted by molar-refractivity contribution is 0.0783. The van der Waals surface area contributed by atoms with Gasteiger partial charge in [-0.3, -0.25) is 9.78 Å². The van der Waals surface area contributed by atoms with Gasteiger partial charge in [0, 0.05) is 30.9 Å². The number of aromatic nitrogens is 2. The van der Waals surface area contributed by atoms with Crippen molar-refractivity contribution in [2.45, 2.75) is 45.4 Å². The van der Waals surface area contributed by atoms with E-state index in [4.69, 9.17) is 21.1 Å². The Kier molecular flexibility index (Phi) is 8.07. The van der Waals surface area contributed by atoms with Crippen molar-refractivity contribution in [1.29, 1.82) is 0 Å². The molecule has 1 amide bonds. The molecule has 0 saturated carbocycles. The Balaban J connectivity index is 1.78. The van der Waals surface area contributed by atoms with Crippen LogP contribution in [0, 0.1) is 6.92 Å². The third-order valence-electron chi connectivity index (χ3n) is 6.83. The Hall–Kier alpha value is -3.52. The van der Waals surface area contributed by atoms with Crippen LogP contribution in [0.5, 0.6) is 23.1 Å². The summed E-state index contributed by atoms with van der Waals surface area (Å²) in [6.07, 6.45) is 4.48. The maximum Gasteiger partial charge on any atom is 0.263 e. The van der Waals surface area contributed by atoms with Crippen LogP contribution in [0.3, 0.4) is 0 Å². The Bertz CT molecular complexity index is 1290. The second-order valence-electron chi connectivity index (χ2n) is 9.21. The molecule has 8 nitrogen and oxygen atoms in total. The van der Waals surface area contributed by atoms with Gasteiger partial charge in [0.15, 0.2) is 0 Å². The third-order valence-corrected chi connectivity index (χ3v) is 7.04. The molecule has 1 aliphatic heterocycles. The fourth-order valence-corrected chi connectivity index (χ4v) is 5.21. The first-order valence-corrected chi connectivity index (χ1v) is 12.8. The highest BCUT2D eigenvalue weighted by Gasteiger charge is 2.35. The van der Waals surface area contributed by atoms with Gasteiger partial charge in [0.1, 0.15) is 22.8 Å². The number of nitrogens with zero attached hydrogens (tertiary/aromatic N) is 3. The molecule has 1 aromatic carbocycles. The zero-order valence-electron chi connectivity index (χ0n) is 21.5. The van der Waals surface area contributed by atoms with E-state index in [0.717, 1.165) is 24.1 Å². The Morgan fingerprint density at radius 1 is 1.19 bits per heavy atom. The molecular formula is C28H32ClN3O5. The van der Waals surface area contributed by atoms with Gasteiger partial charge in [0.05, 0.1) is 36.1 Å². The predicted octanol–water partition coefficient (Wildman–Crippen LogP) is 5.51. The van der Waals surface area contributed by atoms with Crippen molar-refractivity contribution in [3.05, 3.63) is 58.0 Å². The van der Waals surface area contributed by atoms with Crippen molar-refractivity contribution < 1.29 is 24.5 Å². The molecule has 1 atom stereocenters. The van der Waals surface area contributed by atoms with Gasteiger partial charge >= 0.3 is 0 Å². The molecule has 0 aliphatic carbocycles. The minimum absolute atomic E-state index is 0.0241. The van der Waals surface area contributed by atoms with Crippen molar-refractivity contribution in [2.24, 2.45) is 0 Å². The van der Waals surface area contributed by atoms with Crippen LogP contribution < -0.4 is 9.47 Å². The van der Waals surface area contributed by atoms with Crippen LogP contribution in [0.2, 0.25) is 5.02 Å². The molecule has 3 heterocycles. The monoisotopic (exact) mass is 525 g/mol. The van der Waals surface area contributed by atoms with Gasteiger partial charge in [-0.25, -0.2) is 4.98 Å². The molecule has 3 aromatic rings. The van der Waals surface area contributed by atoms with Gasteiger partial charge in [-0.05, 0) is 49.9 Å². The van der Waals surface area contributed by atoms with Crippen molar-refractivity contribution in [1.82, 2.24) is 14.9 Å². The molecule has 1 saturated heterocycles. The van der Waals surface area contributed by atoms with E-state index in [1.54, 1.807) is 29.3 Å². The number of rotatable bonds is 8. The number of aryl methyl sites for hydroxylation is 2. The second-order valence-corrected chi connectivity index (χ2v) is 9.65. The lowest BCUT2D eigenvalue weighted by atomic mass is 9.95. The summed E-state index contributed by atoms with van der Waals surface area (Å²) in [5.41, 5.74) is 2.90. The van der Waals surface area contributed by atoms with Crippen molar-refractivity contribution in [3.63, 3.8) is 0 Å². The summed E-state index contributed by atoms with van der Waals surface area (Å²) in [7, 11) is 3.05. The first-order chi connectivity index (χ1) is 17.8. The van der Waals surface area contributed by atoms with E-state index >= 15 is 0 Å². The summed E-state index contributed by atoms with van der Waals surface area (Å²) in [6.45, 7) is 4.85. The van der Waals surface area contributed by atoms with Crippen molar-refractivity contribution >= 4 is 17.5 Å². The number of likely N-dealkylation sites (tertiary alicyclic amines) is 1. The van der Waals surface area contributed by atoms with Crippen LogP contribution in [0.15, 0.2) is 30.5 Å². The van der Waals surface area contributed by atoms with Gasteiger partial charge in [0.2, 0.25) is 5.88 Å². The van der Waals surface area contributed by atoms with E-state index in [9.17, 15) is 15.0 Å². The number of carbonyl (C=O) groups is 1. The molecule has 9 heteroatoms. The minimum Gasteiger partial charge on any atom is -0.506 e. The summed E-state index contributed by atoms with van der Waals surface area (Å²) >= 11 is 6.06. The zero-order valence-corrected chi connectivity index (χ0v) is 22.3. The highest BCUT2D eigenvalue weighted by molar-refractivity contribution is 6.30. The van der Waals surface area contributed by atoms with Gasteiger partial charge in [-0.2, -0.15) is 0 Å². The molecule has 0 radical (unpaired) electrons. The van der Waals surface area contributed by atoms with E-state index in [0.29, 0.717) is 59.3 Å². The largest absolute Gasteiger partial charge is 0.506 e. The number of methoxy groups -OCH3 is 2. The molecule has 2 aromatic heterocycles. The second kappa shape index (κ2) is 11.3. The topological polar surface area (TPSA) is 105 Å². The zero-order chi connectivity index (χ0) is 26.7. The van der Waals surface area contributed by atoms with E-state index in [1.807, 2.05) is 19.9 Å². The quantitative estimate of drug-likeness (QED) is 0.399. The van der Waals surface area contributed by atoms with Crippen LogP contribution >= 0.6 is 11.6 Å². The maximum absolute atomic E-state index is 13.7. The van der Waals surface area contributed by atoms with Crippen molar-refractivity contribution in [2.75, 3.05) is 27.3 Å². The van der Waals surface area contributed by atoms with Crippen LogP contribution in [0.25, 0.3) is 11.1 Å². The number of aromatic hydroxyl groups is 2. The van der Waals surface area contributed by atoms with Gasteiger partial charge in [0.25, 0.3) is 5.91 Å². The van der Waals surface area contributed by atoms with E-state index < -0.39 is 11.8 Å². The smallest absolute Gasteiger partial charge is 0.263 e. The summed E-state index contributed by atoms with van der Waals surface area (Å²) < 4.78 is 11.2. The normalized spacial score (nSPS) is 15.2.